The summed E-state index contributed by atoms with van der Waals surface area (Å²) in [4.78, 5) is 17.0. The fourth-order valence-electron chi connectivity index (χ4n) is 2.18. The van der Waals surface area contributed by atoms with Gasteiger partial charge < -0.3 is 4.74 Å². The van der Waals surface area contributed by atoms with Crippen molar-refractivity contribution in [3.63, 3.8) is 0 Å². The number of rotatable bonds is 2. The van der Waals surface area contributed by atoms with Crippen LogP contribution in [0.2, 0.25) is 0 Å². The van der Waals surface area contributed by atoms with Crippen LogP contribution in [0.25, 0.3) is 0 Å². The van der Waals surface area contributed by atoms with E-state index in [1.165, 1.54) is 6.42 Å². The molecular weight excluding hydrogens is 194 g/mol. The fraction of sp³-hybridized carbons (Fsp3) is 0.727. The summed E-state index contributed by atoms with van der Waals surface area (Å²) in [5.74, 6) is -0.319. The van der Waals surface area contributed by atoms with Crippen molar-refractivity contribution in [1.29, 1.82) is 0 Å². The monoisotopic (exact) mass is 211 g/mol. The molecule has 1 fully saturated rings. The first-order valence-electron chi connectivity index (χ1n) is 5.60. The summed E-state index contributed by atoms with van der Waals surface area (Å²) in [6.07, 6.45) is 7.45. The first-order valence-corrected chi connectivity index (χ1v) is 5.60. The summed E-state index contributed by atoms with van der Waals surface area (Å²) in [6.45, 7) is 2.19. The Kier molecular flexibility index (Phi) is 2.95. The van der Waals surface area contributed by atoms with Crippen LogP contribution in [0.4, 0.5) is 0 Å². The molecule has 4 nitrogen and oxygen atoms in total. The Morgan fingerprint density at radius 3 is 2.93 bits per heavy atom. The second-order valence-corrected chi connectivity index (χ2v) is 4.11. The van der Waals surface area contributed by atoms with Gasteiger partial charge in [-0.1, -0.05) is 19.3 Å². The molecule has 1 saturated carbocycles. The summed E-state index contributed by atoms with van der Waals surface area (Å²) in [5, 5.41) is 0. The molecule has 0 atom stereocenters. The van der Waals surface area contributed by atoms with Crippen LogP contribution in [0.3, 0.4) is 0 Å². The summed E-state index contributed by atoms with van der Waals surface area (Å²) in [6, 6.07) is 0. The lowest BCUT2D eigenvalue weighted by Gasteiger charge is -2.29. The van der Waals surface area contributed by atoms with E-state index in [1.54, 1.807) is 6.92 Å². The van der Waals surface area contributed by atoms with Gasteiger partial charge in [-0.25, -0.2) is 4.79 Å². The van der Waals surface area contributed by atoms with Crippen molar-refractivity contribution in [2.45, 2.75) is 44.6 Å². The van der Waals surface area contributed by atoms with Gasteiger partial charge in [0.15, 0.2) is 0 Å². The van der Waals surface area contributed by atoms with Crippen LogP contribution in [0.1, 0.15) is 39.0 Å². The third kappa shape index (κ3) is 2.15. The Labute approximate surface area is 89.6 Å². The zero-order valence-corrected chi connectivity index (χ0v) is 9.04. The van der Waals surface area contributed by atoms with Crippen molar-refractivity contribution in [3.05, 3.63) is 11.8 Å². The molecule has 0 aromatic carbocycles. The molecular formula is C11H17NO3. The van der Waals surface area contributed by atoms with Crippen LogP contribution in [0.5, 0.6) is 0 Å². The highest BCUT2D eigenvalue weighted by Gasteiger charge is 2.38. The number of esters is 1. The second-order valence-electron chi connectivity index (χ2n) is 4.11. The normalized spacial score (nSPS) is 23.4. The van der Waals surface area contributed by atoms with E-state index < -0.39 is 0 Å². The number of hydroxylamine groups is 1. The van der Waals surface area contributed by atoms with Crippen molar-refractivity contribution in [2.75, 3.05) is 6.61 Å². The Balaban J connectivity index is 2.03. The highest BCUT2D eigenvalue weighted by molar-refractivity contribution is 5.88. The van der Waals surface area contributed by atoms with Gasteiger partial charge in [0.2, 0.25) is 0 Å². The lowest BCUT2D eigenvalue weighted by atomic mass is 9.84. The molecule has 1 spiro atoms. The second kappa shape index (κ2) is 4.23. The molecule has 1 heterocycles. The first-order chi connectivity index (χ1) is 7.26. The van der Waals surface area contributed by atoms with Gasteiger partial charge in [-0.05, 0) is 25.8 Å². The molecule has 0 unspecified atom stereocenters. The van der Waals surface area contributed by atoms with Gasteiger partial charge >= 0.3 is 5.97 Å². The standard InChI is InChI=1S/C11H17NO3/c1-2-14-10(13)9-8-11(15-12-9)6-4-3-5-7-11/h8,12H,2-7H2,1H3. The molecule has 0 bridgehead atoms. The molecule has 1 aliphatic heterocycles. The molecule has 15 heavy (non-hydrogen) atoms. The molecule has 84 valence electrons. The smallest absolute Gasteiger partial charge is 0.356 e. The highest BCUT2D eigenvalue weighted by Crippen LogP contribution is 2.35. The van der Waals surface area contributed by atoms with E-state index in [-0.39, 0.29) is 11.6 Å². The van der Waals surface area contributed by atoms with E-state index >= 15 is 0 Å². The molecule has 0 radical (unpaired) electrons. The molecule has 2 rings (SSSR count). The molecule has 0 amide bonds. The van der Waals surface area contributed by atoms with E-state index in [0.29, 0.717) is 12.3 Å². The van der Waals surface area contributed by atoms with Crippen molar-refractivity contribution in [2.24, 2.45) is 0 Å². The van der Waals surface area contributed by atoms with Gasteiger partial charge in [-0.15, -0.1) is 0 Å². The number of carbonyl (C=O) groups excluding carboxylic acids is 1. The number of hydrogen-bond donors (Lipinski definition) is 1. The van der Waals surface area contributed by atoms with Crippen molar-refractivity contribution < 1.29 is 14.4 Å². The van der Waals surface area contributed by atoms with Gasteiger partial charge in [0.05, 0.1) is 6.61 Å². The predicted molar refractivity (Wildman–Crippen MR) is 54.8 cm³/mol. The van der Waals surface area contributed by atoms with Gasteiger partial charge in [-0.3, -0.25) is 10.3 Å². The Morgan fingerprint density at radius 1 is 1.53 bits per heavy atom. The van der Waals surface area contributed by atoms with Gasteiger partial charge in [0.25, 0.3) is 0 Å². The Morgan fingerprint density at radius 2 is 2.27 bits per heavy atom. The van der Waals surface area contributed by atoms with Gasteiger partial charge in [0.1, 0.15) is 11.3 Å². The fourth-order valence-corrected chi connectivity index (χ4v) is 2.18. The number of ether oxygens (including phenoxy) is 1. The quantitative estimate of drug-likeness (QED) is 0.706. The van der Waals surface area contributed by atoms with Crippen LogP contribution >= 0.6 is 0 Å². The zero-order valence-electron chi connectivity index (χ0n) is 9.04. The average molecular weight is 211 g/mol. The topological polar surface area (TPSA) is 47.6 Å². The lowest BCUT2D eigenvalue weighted by Crippen LogP contribution is -2.32. The first kappa shape index (κ1) is 10.5. The Hall–Kier alpha value is -1.03. The molecule has 0 saturated heterocycles. The lowest BCUT2D eigenvalue weighted by molar-refractivity contribution is -0.140. The third-order valence-electron chi connectivity index (χ3n) is 2.97. The molecule has 1 N–H and O–H groups in total. The maximum Gasteiger partial charge on any atom is 0.356 e. The maximum absolute atomic E-state index is 11.4. The van der Waals surface area contributed by atoms with Gasteiger partial charge in [-0.2, -0.15) is 0 Å². The Bertz CT molecular complexity index is 280. The number of carbonyl (C=O) groups is 1. The molecule has 0 aromatic rings. The minimum atomic E-state index is -0.319. The summed E-state index contributed by atoms with van der Waals surface area (Å²) < 4.78 is 4.91. The molecule has 0 aromatic heterocycles. The van der Waals surface area contributed by atoms with Crippen LogP contribution < -0.4 is 5.48 Å². The van der Waals surface area contributed by atoms with Crippen molar-refractivity contribution in [3.8, 4) is 0 Å². The van der Waals surface area contributed by atoms with E-state index in [4.69, 9.17) is 9.57 Å². The highest BCUT2D eigenvalue weighted by atomic mass is 16.7. The molecule has 1 aliphatic carbocycles. The van der Waals surface area contributed by atoms with E-state index in [2.05, 4.69) is 5.48 Å². The molecule has 4 heteroatoms. The van der Waals surface area contributed by atoms with Crippen molar-refractivity contribution >= 4 is 5.97 Å². The van der Waals surface area contributed by atoms with Crippen LogP contribution in [0, 0.1) is 0 Å². The maximum atomic E-state index is 11.4. The molecule has 2 aliphatic rings. The van der Waals surface area contributed by atoms with Crippen LogP contribution in [0.15, 0.2) is 11.8 Å². The summed E-state index contributed by atoms with van der Waals surface area (Å²) in [7, 11) is 0. The largest absolute Gasteiger partial charge is 0.461 e. The summed E-state index contributed by atoms with van der Waals surface area (Å²) in [5.41, 5.74) is 2.90. The van der Waals surface area contributed by atoms with E-state index in [9.17, 15) is 4.79 Å². The summed E-state index contributed by atoms with van der Waals surface area (Å²) >= 11 is 0. The van der Waals surface area contributed by atoms with E-state index in [0.717, 1.165) is 25.7 Å². The number of nitrogens with one attached hydrogen (secondary N) is 1. The zero-order chi connectivity index (χ0) is 10.7. The van der Waals surface area contributed by atoms with E-state index in [1.807, 2.05) is 6.08 Å². The SMILES string of the molecule is CCOC(=O)C1=CC2(CCCCC2)ON1. The van der Waals surface area contributed by atoms with Crippen molar-refractivity contribution in [1.82, 2.24) is 5.48 Å². The van der Waals surface area contributed by atoms with Crippen LogP contribution in [-0.2, 0) is 14.4 Å². The van der Waals surface area contributed by atoms with Gasteiger partial charge in [0, 0.05) is 0 Å². The van der Waals surface area contributed by atoms with Crippen LogP contribution in [-0.4, -0.2) is 18.2 Å². The minimum absolute atomic E-state index is 0.250. The average Bonchev–Trinajstić information content (AvgIpc) is 2.64. The third-order valence-corrected chi connectivity index (χ3v) is 2.97. The number of hydrogen-bond acceptors (Lipinski definition) is 4. The minimum Gasteiger partial charge on any atom is -0.461 e. The predicted octanol–water partition coefficient (Wildman–Crippen LogP) is 1.67.